The summed E-state index contributed by atoms with van der Waals surface area (Å²) >= 11 is 0. The van der Waals surface area contributed by atoms with E-state index in [9.17, 15) is 23.3 Å². The van der Waals surface area contributed by atoms with Gasteiger partial charge in [-0.3, -0.25) is 19.7 Å². The number of nitro groups is 1. The highest BCUT2D eigenvalue weighted by molar-refractivity contribution is 7.89. The van der Waals surface area contributed by atoms with Crippen molar-refractivity contribution in [1.29, 1.82) is 0 Å². The van der Waals surface area contributed by atoms with Crippen LogP contribution in [0.1, 0.15) is 11.1 Å². The zero-order valence-electron chi connectivity index (χ0n) is 10.7. The van der Waals surface area contributed by atoms with E-state index in [0.717, 1.165) is 12.1 Å². The smallest absolute Gasteiger partial charge is 0.289 e. The maximum Gasteiger partial charge on any atom is 0.289 e. The Morgan fingerprint density at radius 1 is 1.40 bits per heavy atom. The fraction of sp³-hybridized carbons (Fsp3) is 0.300. The number of sulfonamides is 1. The van der Waals surface area contributed by atoms with Crippen LogP contribution in [-0.2, 0) is 19.7 Å². The lowest BCUT2D eigenvalue weighted by molar-refractivity contribution is -0.387. The van der Waals surface area contributed by atoms with Gasteiger partial charge in [-0.2, -0.15) is 0 Å². The van der Waals surface area contributed by atoms with Crippen LogP contribution in [-0.4, -0.2) is 25.9 Å². The number of amides is 1. The summed E-state index contributed by atoms with van der Waals surface area (Å²) in [5.41, 5.74) is 5.33. The fourth-order valence-corrected chi connectivity index (χ4v) is 2.40. The predicted octanol–water partition coefficient (Wildman–Crippen LogP) is -0.0932. The molecule has 0 radical (unpaired) electrons. The molecule has 0 fully saturated rings. The molecule has 0 saturated heterocycles. The first kappa shape index (κ1) is 16.0. The highest BCUT2D eigenvalue weighted by atomic mass is 32.2. The van der Waals surface area contributed by atoms with Gasteiger partial charge < -0.3 is 5.73 Å². The van der Waals surface area contributed by atoms with Crippen molar-refractivity contribution < 1.29 is 23.0 Å². The number of nitro benzene ring substituents is 1. The number of primary amides is 1. The molecule has 1 amide bonds. The quantitative estimate of drug-likeness (QED) is 0.555. The van der Waals surface area contributed by atoms with E-state index in [1.54, 1.807) is 18.7 Å². The van der Waals surface area contributed by atoms with Crippen molar-refractivity contribution in [2.45, 2.75) is 18.7 Å². The zero-order chi connectivity index (χ0) is 15.5. The molecular formula is C10H13N3O6S. The molecule has 0 spiro atoms. The molecule has 9 nitrogen and oxygen atoms in total. The van der Waals surface area contributed by atoms with Crippen molar-refractivity contribution in [3.63, 3.8) is 0 Å². The monoisotopic (exact) mass is 303 g/mol. The van der Waals surface area contributed by atoms with E-state index in [2.05, 4.69) is 4.84 Å². The molecule has 3 N–H and O–H groups in total. The van der Waals surface area contributed by atoms with Gasteiger partial charge in [-0.15, -0.1) is 0 Å². The maximum atomic E-state index is 11.9. The number of hydrogen-bond acceptors (Lipinski definition) is 6. The van der Waals surface area contributed by atoms with Crippen LogP contribution in [0, 0.1) is 24.0 Å². The number of hydrogen-bond donors (Lipinski definition) is 2. The molecule has 0 atom stereocenters. The van der Waals surface area contributed by atoms with Crippen LogP contribution < -0.4 is 10.6 Å². The van der Waals surface area contributed by atoms with Gasteiger partial charge in [0.1, 0.15) is 6.61 Å². The van der Waals surface area contributed by atoms with Crippen LogP contribution in [0.2, 0.25) is 0 Å². The largest absolute Gasteiger partial charge is 0.368 e. The van der Waals surface area contributed by atoms with Gasteiger partial charge in [0.05, 0.1) is 4.92 Å². The SMILES string of the molecule is Cc1cc([N+](=O)[O-])c(S(=O)(=O)NOCC(N)=O)cc1C. The second kappa shape index (κ2) is 5.94. The Morgan fingerprint density at radius 3 is 2.45 bits per heavy atom. The van der Waals surface area contributed by atoms with Crippen molar-refractivity contribution in [3.8, 4) is 0 Å². The topological polar surface area (TPSA) is 142 Å². The van der Waals surface area contributed by atoms with E-state index >= 15 is 0 Å². The first-order valence-electron chi connectivity index (χ1n) is 5.32. The highest BCUT2D eigenvalue weighted by Gasteiger charge is 2.27. The fourth-order valence-electron chi connectivity index (χ4n) is 1.36. The summed E-state index contributed by atoms with van der Waals surface area (Å²) in [5.74, 6) is -0.887. The lowest BCUT2D eigenvalue weighted by atomic mass is 10.1. The molecular weight excluding hydrogens is 290 g/mol. The van der Waals surface area contributed by atoms with Crippen LogP contribution in [0.4, 0.5) is 5.69 Å². The van der Waals surface area contributed by atoms with Crippen LogP contribution in [0.15, 0.2) is 17.0 Å². The Hall–Kier alpha value is -2.04. The number of benzene rings is 1. The Morgan fingerprint density at radius 2 is 1.95 bits per heavy atom. The van der Waals surface area contributed by atoms with E-state index < -0.39 is 38.0 Å². The molecule has 0 unspecified atom stereocenters. The summed E-state index contributed by atoms with van der Waals surface area (Å²) < 4.78 is 23.8. The highest BCUT2D eigenvalue weighted by Crippen LogP contribution is 2.27. The second-order valence-electron chi connectivity index (χ2n) is 4.00. The molecule has 1 aromatic rings. The molecule has 0 aliphatic heterocycles. The standard InChI is InChI=1S/C10H13N3O6S/c1-6-3-8(13(15)16)9(4-7(6)2)20(17,18)12-19-5-10(11)14/h3-4,12H,5H2,1-2H3,(H2,11,14). The van der Waals surface area contributed by atoms with E-state index in [-0.39, 0.29) is 0 Å². The van der Waals surface area contributed by atoms with Gasteiger partial charge in [0.25, 0.3) is 15.7 Å². The third kappa shape index (κ3) is 3.73. The summed E-state index contributed by atoms with van der Waals surface area (Å²) in [5, 5.41) is 10.9. The van der Waals surface area contributed by atoms with Crippen molar-refractivity contribution in [2.24, 2.45) is 5.73 Å². The Kier molecular flexibility index (Phi) is 4.76. The van der Waals surface area contributed by atoms with Crippen LogP contribution in [0.25, 0.3) is 0 Å². The summed E-state index contributed by atoms with van der Waals surface area (Å²) in [6.07, 6.45) is 0. The van der Waals surface area contributed by atoms with Crippen molar-refractivity contribution in [2.75, 3.05) is 6.61 Å². The third-order valence-electron chi connectivity index (χ3n) is 2.44. The van der Waals surface area contributed by atoms with Gasteiger partial charge in [0.15, 0.2) is 4.90 Å². The second-order valence-corrected chi connectivity index (χ2v) is 5.62. The maximum absolute atomic E-state index is 11.9. The van der Waals surface area contributed by atoms with Crippen molar-refractivity contribution >= 4 is 21.6 Å². The number of rotatable bonds is 6. The van der Waals surface area contributed by atoms with Gasteiger partial charge >= 0.3 is 0 Å². The van der Waals surface area contributed by atoms with E-state index in [1.807, 2.05) is 0 Å². The van der Waals surface area contributed by atoms with Crippen molar-refractivity contribution in [3.05, 3.63) is 33.4 Å². The Balaban J connectivity index is 3.20. The molecule has 0 aliphatic carbocycles. The van der Waals surface area contributed by atoms with Crippen molar-refractivity contribution in [1.82, 2.24) is 4.89 Å². The van der Waals surface area contributed by atoms with E-state index in [1.165, 1.54) is 0 Å². The molecule has 20 heavy (non-hydrogen) atoms. The minimum atomic E-state index is -4.29. The number of nitrogens with two attached hydrogens (primary N) is 1. The number of carbonyl (C=O) groups excluding carboxylic acids is 1. The molecule has 1 rings (SSSR count). The number of carbonyl (C=O) groups is 1. The average molecular weight is 303 g/mol. The molecule has 110 valence electrons. The van der Waals surface area contributed by atoms with Gasteiger partial charge in [0, 0.05) is 6.07 Å². The van der Waals surface area contributed by atoms with Crippen LogP contribution >= 0.6 is 0 Å². The zero-order valence-corrected chi connectivity index (χ0v) is 11.6. The van der Waals surface area contributed by atoms with Crippen LogP contribution in [0.5, 0.6) is 0 Å². The minimum absolute atomic E-state index is 0.546. The van der Waals surface area contributed by atoms with E-state index in [0.29, 0.717) is 11.1 Å². The van der Waals surface area contributed by atoms with Crippen LogP contribution in [0.3, 0.4) is 0 Å². The normalized spacial score (nSPS) is 11.3. The van der Waals surface area contributed by atoms with Gasteiger partial charge in [-0.05, 0) is 31.0 Å². The number of nitrogens with zero attached hydrogens (tertiary/aromatic N) is 1. The number of nitrogens with one attached hydrogen (secondary N) is 1. The first-order valence-corrected chi connectivity index (χ1v) is 6.81. The summed E-state index contributed by atoms with van der Waals surface area (Å²) in [6, 6.07) is 2.31. The molecule has 0 aromatic heterocycles. The van der Waals surface area contributed by atoms with Gasteiger partial charge in [0.2, 0.25) is 5.91 Å². The minimum Gasteiger partial charge on any atom is -0.368 e. The molecule has 0 aliphatic rings. The lowest BCUT2D eigenvalue weighted by Crippen LogP contribution is -2.30. The van der Waals surface area contributed by atoms with Gasteiger partial charge in [-0.1, -0.05) is 4.89 Å². The lowest BCUT2D eigenvalue weighted by Gasteiger charge is -2.09. The summed E-state index contributed by atoms with van der Waals surface area (Å²) in [7, 11) is -4.29. The average Bonchev–Trinajstić information content (AvgIpc) is 2.30. The Labute approximate surface area is 114 Å². The Bertz CT molecular complexity index is 655. The molecule has 1 aromatic carbocycles. The summed E-state index contributed by atoms with van der Waals surface area (Å²) in [6.45, 7) is 2.55. The molecule has 0 heterocycles. The number of aryl methyl sites for hydroxylation is 2. The third-order valence-corrected chi connectivity index (χ3v) is 3.69. The first-order chi connectivity index (χ1) is 9.15. The molecule has 10 heteroatoms. The summed E-state index contributed by atoms with van der Waals surface area (Å²) in [4.78, 5) is 26.0. The predicted molar refractivity (Wildman–Crippen MR) is 68.0 cm³/mol. The van der Waals surface area contributed by atoms with E-state index in [4.69, 9.17) is 5.73 Å². The molecule has 0 bridgehead atoms. The van der Waals surface area contributed by atoms with Gasteiger partial charge in [-0.25, -0.2) is 8.42 Å². The molecule has 0 saturated carbocycles.